The summed E-state index contributed by atoms with van der Waals surface area (Å²) in [4.78, 5) is 24.2. The summed E-state index contributed by atoms with van der Waals surface area (Å²) in [7, 11) is 0. The van der Waals surface area contributed by atoms with Crippen molar-refractivity contribution in [2.24, 2.45) is 29.6 Å². The molecule has 0 aromatic carbocycles. The van der Waals surface area contributed by atoms with Gasteiger partial charge in [0, 0.05) is 11.5 Å². The van der Waals surface area contributed by atoms with E-state index in [-0.39, 0.29) is 24.7 Å². The average Bonchev–Trinajstić information content (AvgIpc) is 2.92. The van der Waals surface area contributed by atoms with Gasteiger partial charge in [-0.2, -0.15) is 0 Å². The van der Waals surface area contributed by atoms with Gasteiger partial charge in [0.1, 0.15) is 0 Å². The number of rotatable bonds is 16. The van der Waals surface area contributed by atoms with Crippen molar-refractivity contribution in [2.75, 3.05) is 13.2 Å². The fourth-order valence-corrected chi connectivity index (χ4v) is 6.25. The topological polar surface area (TPSA) is 72.8 Å². The lowest BCUT2D eigenvalue weighted by Crippen LogP contribution is -2.27. The quantitative estimate of drug-likeness (QED) is 0.130. The van der Waals surface area contributed by atoms with Crippen LogP contribution in [0.1, 0.15) is 117 Å². The number of ether oxygens (including phenoxy) is 2. The molecule has 0 amide bonds. The Hall–Kier alpha value is -1.62. The summed E-state index contributed by atoms with van der Waals surface area (Å²) in [5, 5.41) is 9.87. The monoisotopic (exact) mass is 518 g/mol. The third-order valence-corrected chi connectivity index (χ3v) is 8.95. The van der Waals surface area contributed by atoms with Crippen LogP contribution in [-0.2, 0) is 19.1 Å². The molecule has 0 aromatic heterocycles. The van der Waals surface area contributed by atoms with E-state index in [4.69, 9.17) is 9.47 Å². The van der Waals surface area contributed by atoms with Crippen LogP contribution in [0.15, 0.2) is 24.3 Å². The molecule has 1 N–H and O–H groups in total. The normalized spacial score (nSPS) is 25.6. The predicted octanol–water partition coefficient (Wildman–Crippen LogP) is 7.57. The van der Waals surface area contributed by atoms with Crippen LogP contribution >= 0.6 is 0 Å². The molecule has 0 aliphatic heterocycles. The molecule has 2 aliphatic carbocycles. The Labute approximate surface area is 226 Å². The minimum atomic E-state index is -0.890. The fraction of sp³-hybridized carbons (Fsp3) is 0.812. The molecule has 0 saturated heterocycles. The minimum Gasteiger partial charge on any atom is -0.462 e. The Kier molecular flexibility index (Phi) is 14.6. The summed E-state index contributed by atoms with van der Waals surface area (Å²) in [6.45, 7) is 13.4. The largest absolute Gasteiger partial charge is 0.462 e. The molecule has 2 atom stereocenters. The van der Waals surface area contributed by atoms with Crippen LogP contribution in [0.2, 0.25) is 0 Å². The van der Waals surface area contributed by atoms with Crippen molar-refractivity contribution in [1.29, 1.82) is 0 Å². The highest BCUT2D eigenvalue weighted by molar-refractivity contribution is 5.88. The lowest BCUT2D eigenvalue weighted by molar-refractivity contribution is -0.145. The first-order valence-corrected chi connectivity index (χ1v) is 15.1. The van der Waals surface area contributed by atoms with Crippen molar-refractivity contribution in [2.45, 2.75) is 123 Å². The van der Waals surface area contributed by atoms with Crippen molar-refractivity contribution in [3.05, 3.63) is 24.3 Å². The molecule has 2 saturated carbocycles. The maximum Gasteiger partial charge on any atom is 0.336 e. The zero-order chi connectivity index (χ0) is 27.2. The van der Waals surface area contributed by atoms with Crippen LogP contribution < -0.4 is 0 Å². The van der Waals surface area contributed by atoms with Crippen LogP contribution in [0.25, 0.3) is 0 Å². The second-order valence-corrected chi connectivity index (χ2v) is 11.9. The molecule has 5 heteroatoms. The number of esters is 2. The summed E-state index contributed by atoms with van der Waals surface area (Å²) in [5.41, 5.74) is 0.442. The first-order valence-electron chi connectivity index (χ1n) is 15.1. The Balaban J connectivity index is 1.75. The van der Waals surface area contributed by atoms with E-state index in [1.165, 1.54) is 77.0 Å². The zero-order valence-corrected chi connectivity index (χ0v) is 24.0. The van der Waals surface area contributed by atoms with Gasteiger partial charge in [0.25, 0.3) is 0 Å². The molecule has 5 nitrogen and oxygen atoms in total. The number of carbonyl (C=O) groups is 2. The molecule has 37 heavy (non-hydrogen) atoms. The maximum absolute atomic E-state index is 12.3. The van der Waals surface area contributed by atoms with Gasteiger partial charge in [0.05, 0.1) is 24.9 Å². The summed E-state index contributed by atoms with van der Waals surface area (Å²) >= 11 is 0. The summed E-state index contributed by atoms with van der Waals surface area (Å²) in [6, 6.07) is 0. The second-order valence-electron chi connectivity index (χ2n) is 11.9. The summed E-state index contributed by atoms with van der Waals surface area (Å²) in [5.74, 6) is 2.44. The van der Waals surface area contributed by atoms with E-state index >= 15 is 0 Å². The van der Waals surface area contributed by atoms with E-state index < -0.39 is 18.0 Å². The number of aliphatic hydroxyl groups excluding tert-OH is 1. The summed E-state index contributed by atoms with van der Waals surface area (Å²) < 4.78 is 10.8. The van der Waals surface area contributed by atoms with Crippen molar-refractivity contribution >= 4 is 11.9 Å². The highest BCUT2D eigenvalue weighted by Gasteiger charge is 2.31. The molecule has 0 spiro atoms. The molecule has 2 unspecified atom stereocenters. The van der Waals surface area contributed by atoms with Crippen molar-refractivity contribution in [1.82, 2.24) is 0 Å². The van der Waals surface area contributed by atoms with Gasteiger partial charge >= 0.3 is 11.9 Å². The van der Waals surface area contributed by atoms with E-state index in [9.17, 15) is 14.7 Å². The van der Waals surface area contributed by atoms with Gasteiger partial charge in [0.2, 0.25) is 0 Å². The van der Waals surface area contributed by atoms with E-state index in [1.807, 2.05) is 0 Å². The minimum absolute atomic E-state index is 0.0699. The Morgan fingerprint density at radius 3 is 1.81 bits per heavy atom. The van der Waals surface area contributed by atoms with E-state index in [0.717, 1.165) is 30.6 Å². The highest BCUT2D eigenvalue weighted by atomic mass is 16.5. The van der Waals surface area contributed by atoms with Crippen LogP contribution in [0.4, 0.5) is 0 Å². The number of hydrogen-bond donors (Lipinski definition) is 1. The van der Waals surface area contributed by atoms with Crippen LogP contribution in [0.5, 0.6) is 0 Å². The van der Waals surface area contributed by atoms with Gasteiger partial charge in [-0.25, -0.2) is 9.59 Å². The maximum atomic E-state index is 12.3. The smallest absolute Gasteiger partial charge is 0.336 e. The Morgan fingerprint density at radius 2 is 1.32 bits per heavy atom. The second kappa shape index (κ2) is 17.1. The Morgan fingerprint density at radius 1 is 0.811 bits per heavy atom. The third-order valence-electron chi connectivity index (χ3n) is 8.95. The SMILES string of the molecule is C=C(C)C(=O)OCC(CCC1CCC(C2CCC(CCCCC)CC2)CC1)COC(=O)C(=C)C(O)CC. The average molecular weight is 519 g/mol. The molecule has 2 aliphatic rings. The first kappa shape index (κ1) is 31.6. The summed E-state index contributed by atoms with van der Waals surface area (Å²) in [6.07, 6.45) is 18.0. The number of hydrogen-bond acceptors (Lipinski definition) is 5. The highest BCUT2D eigenvalue weighted by Crippen LogP contribution is 2.43. The lowest BCUT2D eigenvalue weighted by atomic mass is 9.68. The fourth-order valence-electron chi connectivity index (χ4n) is 6.25. The number of unbranched alkanes of at least 4 members (excludes halogenated alkanes) is 2. The third kappa shape index (κ3) is 11.3. The van der Waals surface area contributed by atoms with E-state index in [1.54, 1.807) is 13.8 Å². The molecule has 0 bridgehead atoms. The number of aliphatic hydroxyl groups is 1. The van der Waals surface area contributed by atoms with Crippen LogP contribution in [0, 0.1) is 29.6 Å². The zero-order valence-electron chi connectivity index (χ0n) is 24.0. The molecular formula is C32H54O5. The standard InChI is InChI=1S/C32H54O5/c1-6-8-9-10-25-13-17-28(18-14-25)29-19-15-26(16-20-29)11-12-27(21-36-31(34)23(3)4)22-37-32(35)24(5)30(33)7-2/h25-30,33H,3,5-22H2,1-2,4H3. The van der Waals surface area contributed by atoms with Crippen molar-refractivity contribution in [3.8, 4) is 0 Å². The van der Waals surface area contributed by atoms with Gasteiger partial charge in [-0.3, -0.25) is 0 Å². The molecule has 2 fully saturated rings. The Bertz CT molecular complexity index is 713. The first-order chi connectivity index (χ1) is 17.7. The molecule has 0 heterocycles. The molecule has 2 rings (SSSR count). The van der Waals surface area contributed by atoms with Gasteiger partial charge in [-0.1, -0.05) is 78.4 Å². The van der Waals surface area contributed by atoms with Gasteiger partial charge in [0.15, 0.2) is 0 Å². The molecular weight excluding hydrogens is 464 g/mol. The molecule has 0 aromatic rings. The predicted molar refractivity (Wildman–Crippen MR) is 150 cm³/mol. The van der Waals surface area contributed by atoms with Gasteiger partial charge < -0.3 is 14.6 Å². The molecule has 212 valence electrons. The van der Waals surface area contributed by atoms with Crippen molar-refractivity contribution in [3.63, 3.8) is 0 Å². The molecule has 0 radical (unpaired) electrons. The van der Waals surface area contributed by atoms with E-state index in [0.29, 0.717) is 17.9 Å². The van der Waals surface area contributed by atoms with Gasteiger partial charge in [-0.15, -0.1) is 0 Å². The van der Waals surface area contributed by atoms with Crippen LogP contribution in [0.3, 0.4) is 0 Å². The van der Waals surface area contributed by atoms with E-state index in [2.05, 4.69) is 20.1 Å². The van der Waals surface area contributed by atoms with Crippen molar-refractivity contribution < 1.29 is 24.2 Å². The van der Waals surface area contributed by atoms with Crippen LogP contribution in [-0.4, -0.2) is 36.4 Å². The number of carbonyl (C=O) groups excluding carboxylic acids is 2. The van der Waals surface area contributed by atoms with Gasteiger partial charge in [-0.05, 0) is 75.5 Å². The lowest BCUT2D eigenvalue weighted by Gasteiger charge is -2.38.